The number of hydrogen-bond acceptors (Lipinski definition) is 3. The van der Waals surface area contributed by atoms with Gasteiger partial charge in [0.1, 0.15) is 0 Å². The summed E-state index contributed by atoms with van der Waals surface area (Å²) in [5, 5.41) is 9.36. The van der Waals surface area contributed by atoms with E-state index in [1.165, 1.54) is 0 Å². The zero-order chi connectivity index (χ0) is 24.0. The molecule has 3 rings (SSSR count). The molecular weight excluding hydrogens is 414 g/mol. The molecule has 0 radical (unpaired) electrons. The molecule has 3 amide bonds. The molecule has 188 valence electrons. The summed E-state index contributed by atoms with van der Waals surface area (Å²) in [5.41, 5.74) is -1.70. The van der Waals surface area contributed by atoms with E-state index < -0.39 is 23.1 Å². The van der Waals surface area contributed by atoms with E-state index in [0.717, 1.165) is 77.0 Å². The molecule has 0 spiro atoms. The number of amides is 3. The van der Waals surface area contributed by atoms with Gasteiger partial charge in [-0.1, -0.05) is 27.7 Å². The molecule has 3 saturated carbocycles. The molecule has 6 nitrogen and oxygen atoms in total. The highest BCUT2D eigenvalue weighted by Crippen LogP contribution is 2.31. The Kier molecular flexibility index (Phi) is 9.23. The predicted octanol–water partition coefficient (Wildman–Crippen LogP) is 4.47. The SMILES string of the molecule is CCC(C(=O)NC1CCC(C)CC1)(C(=O)NC1CCC(C)CC1)C(=O)NC1CCC(C)CC1. The van der Waals surface area contributed by atoms with E-state index in [0.29, 0.717) is 17.8 Å². The fourth-order valence-corrected chi connectivity index (χ4v) is 5.93. The van der Waals surface area contributed by atoms with Crippen LogP contribution in [0, 0.1) is 23.2 Å². The van der Waals surface area contributed by atoms with Crippen molar-refractivity contribution in [3.8, 4) is 0 Å². The van der Waals surface area contributed by atoms with Crippen LogP contribution in [0.3, 0.4) is 0 Å². The summed E-state index contributed by atoms with van der Waals surface area (Å²) < 4.78 is 0. The van der Waals surface area contributed by atoms with Crippen LogP contribution in [0.2, 0.25) is 0 Å². The molecule has 0 aromatic carbocycles. The summed E-state index contributed by atoms with van der Waals surface area (Å²) in [4.78, 5) is 41.1. The average Bonchev–Trinajstić information content (AvgIpc) is 2.79. The van der Waals surface area contributed by atoms with E-state index in [-0.39, 0.29) is 24.5 Å². The Morgan fingerprint density at radius 3 is 1.00 bits per heavy atom. The van der Waals surface area contributed by atoms with E-state index >= 15 is 0 Å². The van der Waals surface area contributed by atoms with Gasteiger partial charge < -0.3 is 16.0 Å². The molecule has 6 heteroatoms. The van der Waals surface area contributed by atoms with Crippen molar-refractivity contribution in [2.24, 2.45) is 23.2 Å². The fourth-order valence-electron chi connectivity index (χ4n) is 5.93. The molecule has 0 aliphatic heterocycles. The Labute approximate surface area is 200 Å². The Balaban J connectivity index is 1.75. The molecular formula is C27H47N3O3. The van der Waals surface area contributed by atoms with Crippen LogP contribution in [0.4, 0.5) is 0 Å². The molecule has 3 N–H and O–H groups in total. The average molecular weight is 462 g/mol. The van der Waals surface area contributed by atoms with E-state index in [1.54, 1.807) is 6.92 Å². The van der Waals surface area contributed by atoms with Crippen molar-refractivity contribution in [2.45, 2.75) is 129 Å². The van der Waals surface area contributed by atoms with Crippen LogP contribution in [0.15, 0.2) is 0 Å². The highest BCUT2D eigenvalue weighted by Gasteiger charge is 2.52. The van der Waals surface area contributed by atoms with E-state index in [1.807, 2.05) is 0 Å². The van der Waals surface area contributed by atoms with Gasteiger partial charge in [0.25, 0.3) is 0 Å². The van der Waals surface area contributed by atoms with Crippen LogP contribution in [0.5, 0.6) is 0 Å². The fraction of sp³-hybridized carbons (Fsp3) is 0.889. The summed E-state index contributed by atoms with van der Waals surface area (Å²) >= 11 is 0. The molecule has 0 bridgehead atoms. The summed E-state index contributed by atoms with van der Waals surface area (Å²) in [5.74, 6) is 0.780. The van der Waals surface area contributed by atoms with Gasteiger partial charge in [-0.3, -0.25) is 14.4 Å². The van der Waals surface area contributed by atoms with Gasteiger partial charge in [0.05, 0.1) is 0 Å². The lowest BCUT2D eigenvalue weighted by molar-refractivity contribution is -0.153. The number of carbonyl (C=O) groups excluding carboxylic acids is 3. The lowest BCUT2D eigenvalue weighted by atomic mass is 9.78. The zero-order valence-electron chi connectivity index (χ0n) is 21.4. The lowest BCUT2D eigenvalue weighted by Gasteiger charge is -2.37. The van der Waals surface area contributed by atoms with Crippen molar-refractivity contribution in [2.75, 3.05) is 0 Å². The third-order valence-corrected chi connectivity index (χ3v) is 8.75. The Hall–Kier alpha value is -1.59. The summed E-state index contributed by atoms with van der Waals surface area (Å²) in [7, 11) is 0. The van der Waals surface area contributed by atoms with Crippen molar-refractivity contribution in [3.63, 3.8) is 0 Å². The third kappa shape index (κ3) is 6.51. The molecule has 0 heterocycles. The van der Waals surface area contributed by atoms with Gasteiger partial charge in [-0.15, -0.1) is 0 Å². The minimum Gasteiger partial charge on any atom is -0.352 e. The second-order valence-electron chi connectivity index (χ2n) is 11.5. The Bertz CT molecular complexity index is 582. The van der Waals surface area contributed by atoms with Crippen molar-refractivity contribution in [1.29, 1.82) is 0 Å². The topological polar surface area (TPSA) is 87.3 Å². The second-order valence-corrected chi connectivity index (χ2v) is 11.5. The monoisotopic (exact) mass is 461 g/mol. The van der Waals surface area contributed by atoms with E-state index in [4.69, 9.17) is 0 Å². The normalized spacial score (nSPS) is 34.5. The standard InChI is InChI=1S/C27H47N3O3/c1-5-27(24(31)28-21-12-6-18(2)7-13-21,25(32)29-22-14-8-19(3)9-15-22)26(33)30-23-16-10-20(4)11-17-23/h18-23H,5-17H2,1-4H3,(H,28,31)(H,29,32)(H,30,33). The maximum Gasteiger partial charge on any atom is 0.245 e. The summed E-state index contributed by atoms with van der Waals surface area (Å²) in [6, 6.07) is 0.142. The van der Waals surface area contributed by atoms with Crippen LogP contribution in [0.1, 0.15) is 111 Å². The van der Waals surface area contributed by atoms with Crippen LogP contribution in [-0.4, -0.2) is 35.8 Å². The van der Waals surface area contributed by atoms with Crippen LogP contribution >= 0.6 is 0 Å². The number of rotatable bonds is 7. The van der Waals surface area contributed by atoms with Crippen molar-refractivity contribution in [3.05, 3.63) is 0 Å². The molecule has 3 aliphatic rings. The van der Waals surface area contributed by atoms with Gasteiger partial charge in [-0.2, -0.15) is 0 Å². The first-order valence-corrected chi connectivity index (χ1v) is 13.7. The van der Waals surface area contributed by atoms with Gasteiger partial charge in [-0.05, 0) is 101 Å². The predicted molar refractivity (Wildman–Crippen MR) is 131 cm³/mol. The Morgan fingerprint density at radius 2 is 0.788 bits per heavy atom. The van der Waals surface area contributed by atoms with Gasteiger partial charge in [0.15, 0.2) is 0 Å². The first-order valence-electron chi connectivity index (χ1n) is 13.7. The number of hydrogen-bond donors (Lipinski definition) is 3. The molecule has 0 aromatic rings. The van der Waals surface area contributed by atoms with Gasteiger partial charge >= 0.3 is 0 Å². The quantitative estimate of drug-likeness (QED) is 0.489. The van der Waals surface area contributed by atoms with Crippen molar-refractivity contribution < 1.29 is 14.4 Å². The first kappa shape index (κ1) is 26.0. The molecule has 0 aromatic heterocycles. The minimum absolute atomic E-state index is 0.0475. The maximum atomic E-state index is 13.7. The van der Waals surface area contributed by atoms with Gasteiger partial charge in [0.2, 0.25) is 23.1 Å². The maximum absolute atomic E-state index is 13.7. The number of nitrogens with one attached hydrogen (secondary N) is 3. The smallest absolute Gasteiger partial charge is 0.245 e. The second kappa shape index (κ2) is 11.7. The highest BCUT2D eigenvalue weighted by molar-refractivity contribution is 6.22. The molecule has 0 unspecified atom stereocenters. The number of carbonyl (C=O) groups is 3. The summed E-state index contributed by atoms with van der Waals surface area (Å²) in [6.07, 6.45) is 12.1. The molecule has 33 heavy (non-hydrogen) atoms. The molecule has 0 atom stereocenters. The van der Waals surface area contributed by atoms with Crippen molar-refractivity contribution >= 4 is 17.7 Å². The lowest BCUT2D eigenvalue weighted by Crippen LogP contribution is -2.63. The molecule has 3 aliphatic carbocycles. The molecule has 0 saturated heterocycles. The zero-order valence-corrected chi connectivity index (χ0v) is 21.4. The van der Waals surface area contributed by atoms with Gasteiger partial charge in [0, 0.05) is 18.1 Å². The highest BCUT2D eigenvalue weighted by atomic mass is 16.2. The Morgan fingerprint density at radius 1 is 0.545 bits per heavy atom. The molecule has 3 fully saturated rings. The summed E-state index contributed by atoms with van der Waals surface area (Å²) in [6.45, 7) is 8.52. The van der Waals surface area contributed by atoms with Crippen LogP contribution in [-0.2, 0) is 14.4 Å². The largest absolute Gasteiger partial charge is 0.352 e. The van der Waals surface area contributed by atoms with E-state index in [2.05, 4.69) is 36.7 Å². The minimum atomic E-state index is -1.70. The van der Waals surface area contributed by atoms with Gasteiger partial charge in [-0.25, -0.2) is 0 Å². The van der Waals surface area contributed by atoms with Crippen molar-refractivity contribution in [1.82, 2.24) is 16.0 Å². The van der Waals surface area contributed by atoms with Crippen LogP contribution in [0.25, 0.3) is 0 Å². The van der Waals surface area contributed by atoms with E-state index in [9.17, 15) is 14.4 Å². The third-order valence-electron chi connectivity index (χ3n) is 8.75. The first-order chi connectivity index (χ1) is 15.7. The van der Waals surface area contributed by atoms with Crippen LogP contribution < -0.4 is 16.0 Å².